The number of hydrogen-bond acceptors (Lipinski definition) is 2. The molecule has 0 aliphatic rings. The van der Waals surface area contributed by atoms with Crippen LogP contribution in [0, 0.1) is 12.7 Å². The van der Waals surface area contributed by atoms with Crippen LogP contribution in [0.5, 0.6) is 0 Å². The van der Waals surface area contributed by atoms with Gasteiger partial charge in [-0.1, -0.05) is 11.6 Å². The molecule has 18 heavy (non-hydrogen) atoms. The van der Waals surface area contributed by atoms with Crippen molar-refractivity contribution >= 4 is 47.4 Å². The average molecular weight is 323 g/mol. The lowest BCUT2D eigenvalue weighted by atomic mass is 10.1. The van der Waals surface area contributed by atoms with Gasteiger partial charge in [-0.25, -0.2) is 4.39 Å². The average Bonchev–Trinajstić information content (AvgIpc) is 2.36. The third-order valence-electron chi connectivity index (χ3n) is 2.89. The molecule has 1 aromatic heterocycles. The van der Waals surface area contributed by atoms with Crippen LogP contribution in [0.1, 0.15) is 5.56 Å². The topological polar surface area (TPSA) is 17.1 Å². The summed E-state index contributed by atoms with van der Waals surface area (Å²) in [7, 11) is 0. The number of fused-ring (bicyclic) bond motifs is 2. The monoisotopic (exact) mass is 322 g/mol. The lowest BCUT2D eigenvalue weighted by Crippen LogP contribution is -2.01. The summed E-state index contributed by atoms with van der Waals surface area (Å²) in [6.07, 6.45) is 0. The lowest BCUT2D eigenvalue weighted by molar-refractivity contribution is 0.623. The van der Waals surface area contributed by atoms with Gasteiger partial charge in [-0.2, -0.15) is 0 Å². The van der Waals surface area contributed by atoms with E-state index in [-0.39, 0.29) is 11.2 Å². The van der Waals surface area contributed by atoms with Crippen LogP contribution < -0.4 is 5.43 Å². The Morgan fingerprint density at radius 2 is 1.94 bits per heavy atom. The molecule has 0 aliphatic carbocycles. The van der Waals surface area contributed by atoms with Gasteiger partial charge in [0.2, 0.25) is 0 Å². The van der Waals surface area contributed by atoms with Gasteiger partial charge in [-0.3, -0.25) is 4.79 Å². The molecule has 1 heterocycles. The molecule has 0 radical (unpaired) electrons. The zero-order chi connectivity index (χ0) is 12.9. The van der Waals surface area contributed by atoms with Crippen LogP contribution in [0.25, 0.3) is 20.2 Å². The Balaban J connectivity index is 2.61. The molecule has 0 unspecified atom stereocenters. The van der Waals surface area contributed by atoms with Gasteiger partial charge >= 0.3 is 0 Å². The third-order valence-corrected chi connectivity index (χ3v) is 5.13. The van der Waals surface area contributed by atoms with Gasteiger partial charge in [0, 0.05) is 15.5 Å². The first-order valence-corrected chi connectivity index (χ1v) is 7.00. The van der Waals surface area contributed by atoms with E-state index in [1.165, 1.54) is 17.4 Å². The first-order chi connectivity index (χ1) is 8.58. The summed E-state index contributed by atoms with van der Waals surface area (Å²) in [6, 6.07) is 8.62. The summed E-state index contributed by atoms with van der Waals surface area (Å²) < 4.78 is 15.4. The Morgan fingerprint density at radius 3 is 2.72 bits per heavy atom. The van der Waals surface area contributed by atoms with Gasteiger partial charge in [0.1, 0.15) is 5.82 Å². The maximum atomic E-state index is 13.5. The van der Waals surface area contributed by atoms with Crippen molar-refractivity contribution in [2.24, 2.45) is 0 Å². The summed E-state index contributed by atoms with van der Waals surface area (Å²) >= 11 is 4.64. The van der Waals surface area contributed by atoms with Gasteiger partial charge < -0.3 is 0 Å². The number of rotatable bonds is 0. The highest BCUT2D eigenvalue weighted by atomic mass is 79.9. The molecule has 4 heteroatoms. The molecule has 0 fully saturated rings. The first kappa shape index (κ1) is 11.8. The zero-order valence-electron chi connectivity index (χ0n) is 9.46. The Morgan fingerprint density at radius 1 is 1.17 bits per heavy atom. The van der Waals surface area contributed by atoms with Crippen molar-refractivity contribution in [2.45, 2.75) is 6.92 Å². The Kier molecular flexibility index (Phi) is 2.72. The van der Waals surface area contributed by atoms with Crippen LogP contribution in [-0.2, 0) is 0 Å². The zero-order valence-corrected chi connectivity index (χ0v) is 11.9. The second-order valence-electron chi connectivity index (χ2n) is 4.17. The minimum absolute atomic E-state index is 0.0387. The molecular weight excluding hydrogens is 315 g/mol. The predicted molar refractivity (Wildman–Crippen MR) is 78.0 cm³/mol. The highest BCUT2D eigenvalue weighted by Gasteiger charge is 2.11. The van der Waals surface area contributed by atoms with Gasteiger partial charge in [0.25, 0.3) is 0 Å². The first-order valence-electron chi connectivity index (χ1n) is 5.39. The molecular formula is C14H8BrFOS. The minimum atomic E-state index is -0.343. The van der Waals surface area contributed by atoms with Crippen LogP contribution in [0.4, 0.5) is 4.39 Å². The van der Waals surface area contributed by atoms with Gasteiger partial charge in [-0.15, -0.1) is 11.3 Å². The van der Waals surface area contributed by atoms with E-state index < -0.39 is 0 Å². The van der Waals surface area contributed by atoms with E-state index in [4.69, 9.17) is 0 Å². The SMILES string of the molecule is Cc1ccc2sc3c(Br)c(F)ccc3c(=O)c2c1. The molecule has 0 saturated carbocycles. The fourth-order valence-corrected chi connectivity index (χ4v) is 3.64. The minimum Gasteiger partial charge on any atom is -0.289 e. The number of aryl methyl sites for hydroxylation is 1. The van der Waals surface area contributed by atoms with Crippen molar-refractivity contribution < 1.29 is 4.39 Å². The highest BCUT2D eigenvalue weighted by Crippen LogP contribution is 2.32. The molecule has 1 nitrogen and oxygen atoms in total. The standard InChI is InChI=1S/C14H8BrFOS/c1-7-2-5-11-9(6-7)13(17)8-3-4-10(16)12(15)14(8)18-11/h2-6H,1H3. The highest BCUT2D eigenvalue weighted by molar-refractivity contribution is 9.10. The van der Waals surface area contributed by atoms with Crippen molar-refractivity contribution in [3.05, 3.63) is 56.4 Å². The number of hydrogen-bond donors (Lipinski definition) is 0. The van der Waals surface area contributed by atoms with Crippen molar-refractivity contribution in [3.8, 4) is 0 Å². The summed E-state index contributed by atoms with van der Waals surface area (Å²) in [4.78, 5) is 12.4. The van der Waals surface area contributed by atoms with Crippen LogP contribution in [0.15, 0.2) is 39.6 Å². The van der Waals surface area contributed by atoms with Crippen molar-refractivity contribution in [1.29, 1.82) is 0 Å². The molecule has 0 atom stereocenters. The molecule has 3 aromatic rings. The van der Waals surface area contributed by atoms with Gasteiger partial charge in [-0.05, 0) is 47.1 Å². The molecule has 0 N–H and O–H groups in total. The third kappa shape index (κ3) is 1.68. The lowest BCUT2D eigenvalue weighted by Gasteiger charge is -2.04. The molecule has 90 valence electrons. The normalized spacial score (nSPS) is 11.3. The van der Waals surface area contributed by atoms with E-state index in [9.17, 15) is 9.18 Å². The van der Waals surface area contributed by atoms with E-state index in [0.717, 1.165) is 10.3 Å². The van der Waals surface area contributed by atoms with E-state index in [1.807, 2.05) is 25.1 Å². The van der Waals surface area contributed by atoms with Crippen LogP contribution in [-0.4, -0.2) is 0 Å². The Hall–Kier alpha value is -1.26. The smallest absolute Gasteiger partial charge is 0.195 e. The second-order valence-corrected chi connectivity index (χ2v) is 6.01. The Labute approximate surface area is 115 Å². The summed E-state index contributed by atoms with van der Waals surface area (Å²) in [6.45, 7) is 1.95. The maximum Gasteiger partial charge on any atom is 0.195 e. The summed E-state index contributed by atoms with van der Waals surface area (Å²) in [5.74, 6) is -0.343. The molecule has 0 spiro atoms. The van der Waals surface area contributed by atoms with E-state index >= 15 is 0 Å². The number of halogens is 2. The van der Waals surface area contributed by atoms with Crippen LogP contribution in [0.3, 0.4) is 0 Å². The van der Waals surface area contributed by atoms with Crippen LogP contribution >= 0.6 is 27.3 Å². The maximum absolute atomic E-state index is 13.5. The molecule has 0 amide bonds. The largest absolute Gasteiger partial charge is 0.289 e. The molecule has 2 aromatic carbocycles. The summed E-state index contributed by atoms with van der Waals surface area (Å²) in [5.41, 5.74) is 1.01. The summed E-state index contributed by atoms with van der Waals surface area (Å²) in [5, 5.41) is 1.26. The Bertz CT molecular complexity index is 838. The number of benzene rings is 2. The van der Waals surface area contributed by atoms with Gasteiger partial charge in [0.05, 0.1) is 9.17 Å². The molecule has 0 aliphatic heterocycles. The molecule has 3 rings (SSSR count). The fraction of sp³-hybridized carbons (Fsp3) is 0.0714. The van der Waals surface area contributed by atoms with Crippen molar-refractivity contribution in [3.63, 3.8) is 0 Å². The predicted octanol–water partition coefficient (Wildman–Crippen LogP) is 4.62. The van der Waals surface area contributed by atoms with E-state index in [2.05, 4.69) is 15.9 Å². The van der Waals surface area contributed by atoms with Crippen molar-refractivity contribution in [2.75, 3.05) is 0 Å². The van der Waals surface area contributed by atoms with Gasteiger partial charge in [0.15, 0.2) is 5.43 Å². The molecule has 0 bridgehead atoms. The van der Waals surface area contributed by atoms with E-state index in [0.29, 0.717) is 19.9 Å². The quantitative estimate of drug-likeness (QED) is 0.552. The van der Waals surface area contributed by atoms with Crippen LogP contribution in [0.2, 0.25) is 0 Å². The fourth-order valence-electron chi connectivity index (χ4n) is 1.98. The van der Waals surface area contributed by atoms with E-state index in [1.54, 1.807) is 6.07 Å². The second kappa shape index (κ2) is 4.14. The van der Waals surface area contributed by atoms with Crippen molar-refractivity contribution in [1.82, 2.24) is 0 Å². The molecule has 0 saturated heterocycles.